The minimum Gasteiger partial charge on any atom is -0.870 e. The van der Waals surface area contributed by atoms with E-state index < -0.39 is 10.4 Å². The summed E-state index contributed by atoms with van der Waals surface area (Å²) in [7, 11) is -4.73. The summed E-state index contributed by atoms with van der Waals surface area (Å²) in [5, 5.41) is 3.09. The first-order chi connectivity index (χ1) is 12.9. The van der Waals surface area contributed by atoms with E-state index in [0.29, 0.717) is 18.9 Å². The zero-order valence-electron chi connectivity index (χ0n) is 15.8. The molecule has 28 heavy (non-hydrogen) atoms. The molecule has 1 heterocycles. The monoisotopic (exact) mass is 413 g/mol. The second kappa shape index (κ2) is 11.4. The quantitative estimate of drug-likeness (QED) is 0.279. The van der Waals surface area contributed by atoms with Gasteiger partial charge >= 0.3 is 22.3 Å². The summed E-state index contributed by atoms with van der Waals surface area (Å²) < 4.78 is 36.3. The molecular formula is C17H27N5O5S. The maximum absolute atomic E-state index is 11.1. The van der Waals surface area contributed by atoms with Gasteiger partial charge in [0.25, 0.3) is 5.82 Å². The molecule has 11 heteroatoms. The van der Waals surface area contributed by atoms with Crippen molar-refractivity contribution in [1.82, 2.24) is 9.97 Å². The van der Waals surface area contributed by atoms with Crippen molar-refractivity contribution in [3.63, 3.8) is 0 Å². The molecule has 0 spiro atoms. The van der Waals surface area contributed by atoms with Gasteiger partial charge in [-0.1, -0.05) is 60.1 Å². The zero-order valence-corrected chi connectivity index (χ0v) is 16.6. The third-order valence-corrected chi connectivity index (χ3v) is 4.18. The molecule has 2 aromatic rings. The third-order valence-electron chi connectivity index (χ3n) is 3.84. The molecule has 10 nitrogen and oxygen atoms in total. The molecule has 0 fully saturated rings. The Morgan fingerprint density at radius 1 is 1.14 bits per heavy atom. The Labute approximate surface area is 165 Å². The van der Waals surface area contributed by atoms with Crippen LogP contribution < -0.4 is 20.1 Å². The highest BCUT2D eigenvalue weighted by Crippen LogP contribution is 2.07. The molecule has 1 aromatic carbocycles. The maximum Gasteiger partial charge on any atom is 0.474 e. The Morgan fingerprint density at radius 2 is 1.86 bits per heavy atom. The predicted molar refractivity (Wildman–Crippen MR) is 103 cm³/mol. The van der Waals surface area contributed by atoms with Crippen LogP contribution in [0.2, 0.25) is 0 Å². The molecule has 0 atom stereocenters. The largest absolute Gasteiger partial charge is 0.870 e. The second-order valence-corrected chi connectivity index (χ2v) is 7.10. The van der Waals surface area contributed by atoms with Crippen LogP contribution in [-0.2, 0) is 23.2 Å². The van der Waals surface area contributed by atoms with Crippen molar-refractivity contribution >= 4 is 22.3 Å². The van der Waals surface area contributed by atoms with Crippen LogP contribution >= 0.6 is 0 Å². The molecule has 2 rings (SSSR count). The molecule has 0 bridgehead atoms. The molecule has 0 aliphatic rings. The number of benzene rings is 1. The number of nitrogen functional groups attached to an aromatic ring is 1. The van der Waals surface area contributed by atoms with Gasteiger partial charge in [-0.25, -0.2) is 4.28 Å². The molecule has 0 radical (unpaired) electrons. The molecule has 0 saturated heterocycles. The fraction of sp³-hybridized carbons (Fsp3) is 0.471. The van der Waals surface area contributed by atoms with E-state index >= 15 is 0 Å². The normalized spacial score (nSPS) is 10.9. The highest BCUT2D eigenvalue weighted by atomic mass is 32.3. The first-order valence-corrected chi connectivity index (χ1v) is 10.3. The predicted octanol–water partition coefficient (Wildman–Crippen LogP) is 1.18. The first kappa shape index (κ1) is 23.5. The van der Waals surface area contributed by atoms with Gasteiger partial charge in [-0.05, 0) is 29.6 Å². The van der Waals surface area contributed by atoms with Gasteiger partial charge in [0.05, 0.1) is 0 Å². The minimum absolute atomic E-state index is 0. The lowest BCUT2D eigenvalue weighted by Crippen LogP contribution is -2.52. The fourth-order valence-electron chi connectivity index (χ4n) is 2.56. The van der Waals surface area contributed by atoms with E-state index in [1.54, 1.807) is 0 Å². The van der Waals surface area contributed by atoms with Crippen LogP contribution in [0.3, 0.4) is 0 Å². The van der Waals surface area contributed by atoms with E-state index in [1.165, 1.54) is 5.56 Å². The third kappa shape index (κ3) is 8.03. The Kier molecular flexibility index (Phi) is 9.56. The summed E-state index contributed by atoms with van der Waals surface area (Å²) in [6, 6.07) is 10.1. The van der Waals surface area contributed by atoms with E-state index in [9.17, 15) is 8.42 Å². The SMILES string of the molecule is CCCCCc1nc(NCCCc2ccccc2)nc(N)[n+]1OS(=O)(=O)O.[OH-]. The second-order valence-electron chi connectivity index (χ2n) is 6.09. The van der Waals surface area contributed by atoms with Gasteiger partial charge in [0.1, 0.15) is 0 Å². The van der Waals surface area contributed by atoms with Crippen LogP contribution in [0.5, 0.6) is 0 Å². The molecule has 5 N–H and O–H groups in total. The number of rotatable bonds is 11. The summed E-state index contributed by atoms with van der Waals surface area (Å²) in [5.41, 5.74) is 7.04. The number of hydrogen-bond acceptors (Lipinski definition) is 8. The highest BCUT2D eigenvalue weighted by molar-refractivity contribution is 7.80. The molecular weight excluding hydrogens is 386 g/mol. The van der Waals surface area contributed by atoms with Crippen LogP contribution in [0, 0.1) is 0 Å². The lowest BCUT2D eigenvalue weighted by atomic mass is 10.1. The van der Waals surface area contributed by atoms with E-state index in [0.717, 1.165) is 36.8 Å². The molecule has 0 saturated carbocycles. The van der Waals surface area contributed by atoms with Crippen molar-refractivity contribution in [2.75, 3.05) is 17.6 Å². The van der Waals surface area contributed by atoms with Crippen molar-refractivity contribution in [2.45, 2.75) is 45.4 Å². The molecule has 1 aromatic heterocycles. The molecule has 0 unspecified atom stereocenters. The zero-order chi connectivity index (χ0) is 19.7. The number of nitrogens with two attached hydrogens (primary N) is 1. The molecule has 0 amide bonds. The molecule has 0 aliphatic carbocycles. The van der Waals surface area contributed by atoms with E-state index in [-0.39, 0.29) is 17.2 Å². The van der Waals surface area contributed by atoms with Crippen LogP contribution in [0.15, 0.2) is 30.3 Å². The summed E-state index contributed by atoms with van der Waals surface area (Å²) in [6.45, 7) is 2.68. The van der Waals surface area contributed by atoms with Gasteiger partial charge in [-0.2, -0.15) is 8.42 Å². The summed E-state index contributed by atoms with van der Waals surface area (Å²) in [4.78, 5) is 8.30. The van der Waals surface area contributed by atoms with Gasteiger partial charge in [0, 0.05) is 13.0 Å². The van der Waals surface area contributed by atoms with Crippen molar-refractivity contribution in [1.29, 1.82) is 0 Å². The smallest absolute Gasteiger partial charge is 0.474 e. The van der Waals surface area contributed by atoms with Crippen LogP contribution in [0.1, 0.15) is 44.0 Å². The van der Waals surface area contributed by atoms with E-state index in [4.69, 9.17) is 10.3 Å². The lowest BCUT2D eigenvalue weighted by molar-refractivity contribution is -0.854. The van der Waals surface area contributed by atoms with Crippen molar-refractivity contribution in [2.24, 2.45) is 0 Å². The molecule has 156 valence electrons. The fourth-order valence-corrected chi connectivity index (χ4v) is 2.91. The Morgan fingerprint density at radius 3 is 2.50 bits per heavy atom. The standard InChI is InChI=1S/C17H25N5O4S.H2O/c1-2-3-5-12-15-20-17(21-16(18)22(15)26-27(23,24)25)19-13-8-11-14-9-6-4-7-10-14;/h4,6-7,9-10H,2-3,5,8,11-13H2,1H3,(H3,18,19,21,23,24,25);1H2. The number of anilines is 2. The average molecular weight is 414 g/mol. The number of aryl methyl sites for hydroxylation is 2. The van der Waals surface area contributed by atoms with Crippen LogP contribution in [-0.4, -0.2) is 35.0 Å². The van der Waals surface area contributed by atoms with Gasteiger partial charge < -0.3 is 16.5 Å². The number of aromatic nitrogens is 3. The number of hydrogen-bond donors (Lipinski definition) is 3. The average Bonchev–Trinajstić information content (AvgIpc) is 2.62. The maximum atomic E-state index is 11.1. The van der Waals surface area contributed by atoms with Crippen molar-refractivity contribution in [3.05, 3.63) is 41.7 Å². The van der Waals surface area contributed by atoms with Gasteiger partial charge in [-0.3, -0.25) is 4.55 Å². The summed E-state index contributed by atoms with van der Waals surface area (Å²) in [6.07, 6.45) is 4.92. The van der Waals surface area contributed by atoms with Gasteiger partial charge in [-0.15, -0.1) is 0 Å². The topological polar surface area (TPSA) is 161 Å². The van der Waals surface area contributed by atoms with E-state index in [1.807, 2.05) is 18.2 Å². The lowest BCUT2D eigenvalue weighted by Gasteiger charge is -2.08. The summed E-state index contributed by atoms with van der Waals surface area (Å²) >= 11 is 0. The number of nitrogens with one attached hydrogen (secondary N) is 1. The van der Waals surface area contributed by atoms with Crippen molar-refractivity contribution < 1.29 is 27.5 Å². The first-order valence-electron chi connectivity index (χ1n) is 8.92. The Hall–Kier alpha value is -2.50. The number of nitrogens with zero attached hydrogens (tertiary/aromatic N) is 3. The Bertz CT molecular complexity index is 833. The van der Waals surface area contributed by atoms with Crippen LogP contribution in [0.4, 0.5) is 11.9 Å². The molecule has 0 aliphatic heterocycles. The number of unbranched alkanes of at least 4 members (excludes halogenated alkanes) is 2. The van der Waals surface area contributed by atoms with Gasteiger partial charge in [0.15, 0.2) is 0 Å². The van der Waals surface area contributed by atoms with Crippen LogP contribution in [0.25, 0.3) is 0 Å². The minimum atomic E-state index is -4.73. The van der Waals surface area contributed by atoms with Gasteiger partial charge in [0.2, 0.25) is 0 Å². The van der Waals surface area contributed by atoms with E-state index in [2.05, 4.69) is 38.6 Å². The Balaban J connectivity index is 0.00000392. The highest BCUT2D eigenvalue weighted by Gasteiger charge is 2.23. The summed E-state index contributed by atoms with van der Waals surface area (Å²) in [5.74, 6) is 0.362. The van der Waals surface area contributed by atoms with Crippen molar-refractivity contribution in [3.8, 4) is 0 Å².